The van der Waals surface area contributed by atoms with Gasteiger partial charge in [-0.3, -0.25) is 9.59 Å². The third-order valence-corrected chi connectivity index (χ3v) is 0.946. The Kier molecular flexibility index (Phi) is 4.60. The van der Waals surface area contributed by atoms with Crippen LogP contribution in [0.1, 0.15) is 13.8 Å². The van der Waals surface area contributed by atoms with Gasteiger partial charge in [-0.1, -0.05) is 0 Å². The maximum Gasteiger partial charge on any atom is 0.379 e. The molecule has 0 radical (unpaired) electrons. The zero-order valence-corrected chi connectivity index (χ0v) is 6.99. The van der Waals surface area contributed by atoms with Crippen LogP contribution in [0.3, 0.4) is 0 Å². The van der Waals surface area contributed by atoms with Crippen molar-refractivity contribution in [3.05, 3.63) is 12.2 Å². The van der Waals surface area contributed by atoms with E-state index in [1.165, 1.54) is 6.92 Å². The van der Waals surface area contributed by atoms with Gasteiger partial charge in [-0.25, -0.2) is 4.79 Å². The molecule has 0 aromatic heterocycles. The van der Waals surface area contributed by atoms with Gasteiger partial charge >= 0.3 is 5.97 Å². The minimum atomic E-state index is -0.935. The summed E-state index contributed by atoms with van der Waals surface area (Å²) in [4.78, 5) is 31.7. The van der Waals surface area contributed by atoms with Gasteiger partial charge in [0.1, 0.15) is 0 Å². The monoisotopic (exact) mass is 170 g/mol. The van der Waals surface area contributed by atoms with E-state index in [1.54, 1.807) is 6.92 Å². The van der Waals surface area contributed by atoms with E-state index in [2.05, 4.69) is 4.74 Å². The highest BCUT2D eigenvalue weighted by Crippen LogP contribution is 1.84. The van der Waals surface area contributed by atoms with Gasteiger partial charge in [0.05, 0.1) is 6.61 Å². The molecule has 0 aliphatic carbocycles. The van der Waals surface area contributed by atoms with Gasteiger partial charge in [-0.2, -0.15) is 0 Å². The Morgan fingerprint density at radius 2 is 1.83 bits per heavy atom. The van der Waals surface area contributed by atoms with E-state index >= 15 is 0 Å². The molecule has 0 atom stereocenters. The first-order chi connectivity index (χ1) is 5.57. The van der Waals surface area contributed by atoms with Crippen LogP contribution < -0.4 is 0 Å². The van der Waals surface area contributed by atoms with Crippen molar-refractivity contribution in [1.82, 2.24) is 0 Å². The third kappa shape index (κ3) is 4.38. The number of hydrogen-bond donors (Lipinski definition) is 0. The van der Waals surface area contributed by atoms with Gasteiger partial charge in [-0.05, 0) is 26.0 Å². The van der Waals surface area contributed by atoms with Crippen molar-refractivity contribution in [3.63, 3.8) is 0 Å². The Balaban J connectivity index is 4.04. The minimum Gasteiger partial charge on any atom is -0.460 e. The summed E-state index contributed by atoms with van der Waals surface area (Å²) in [5.74, 6) is -2.03. The van der Waals surface area contributed by atoms with E-state index in [0.29, 0.717) is 0 Å². The van der Waals surface area contributed by atoms with Crippen LogP contribution in [-0.2, 0) is 19.1 Å². The summed E-state index contributed by atoms with van der Waals surface area (Å²) >= 11 is 0. The van der Waals surface area contributed by atoms with Crippen LogP contribution in [0.4, 0.5) is 0 Å². The number of carbonyl (C=O) groups is 3. The van der Waals surface area contributed by atoms with Crippen LogP contribution >= 0.6 is 0 Å². The fraction of sp³-hybridized carbons (Fsp3) is 0.375. The number of esters is 1. The minimum absolute atomic E-state index is 0.151. The molecule has 0 amide bonds. The highest BCUT2D eigenvalue weighted by molar-refractivity contribution is 6.38. The molecular weight excluding hydrogens is 160 g/mol. The van der Waals surface area contributed by atoms with Gasteiger partial charge in [0, 0.05) is 0 Å². The molecule has 4 nitrogen and oxygen atoms in total. The lowest BCUT2D eigenvalue weighted by molar-refractivity contribution is -0.151. The standard InChI is InChI=1S/C8H10O4/c1-3-12-8(11)7(10)5-4-6(2)9/h4-5H,3H2,1-2H3/b5-4+. The zero-order chi connectivity index (χ0) is 9.56. The van der Waals surface area contributed by atoms with E-state index in [0.717, 1.165) is 12.2 Å². The largest absolute Gasteiger partial charge is 0.460 e. The summed E-state index contributed by atoms with van der Waals surface area (Å²) in [5, 5.41) is 0. The van der Waals surface area contributed by atoms with Crippen molar-refractivity contribution in [2.75, 3.05) is 6.61 Å². The first-order valence-corrected chi connectivity index (χ1v) is 3.47. The Labute approximate surface area is 70.2 Å². The number of rotatable bonds is 4. The summed E-state index contributed by atoms with van der Waals surface area (Å²) in [6.45, 7) is 3.04. The first-order valence-electron chi connectivity index (χ1n) is 3.47. The molecule has 0 aliphatic rings. The van der Waals surface area contributed by atoms with E-state index in [-0.39, 0.29) is 12.4 Å². The van der Waals surface area contributed by atoms with E-state index in [4.69, 9.17) is 0 Å². The topological polar surface area (TPSA) is 60.4 Å². The summed E-state index contributed by atoms with van der Waals surface area (Å²) in [6, 6.07) is 0. The normalized spacial score (nSPS) is 9.83. The molecule has 0 heterocycles. The maximum atomic E-state index is 10.7. The molecule has 0 aromatic carbocycles. The summed E-state index contributed by atoms with van der Waals surface area (Å²) < 4.78 is 4.38. The molecular formula is C8H10O4. The average molecular weight is 170 g/mol. The second kappa shape index (κ2) is 5.23. The molecule has 66 valence electrons. The van der Waals surface area contributed by atoms with Crippen LogP contribution in [-0.4, -0.2) is 24.1 Å². The molecule has 0 N–H and O–H groups in total. The Hall–Kier alpha value is -1.45. The second-order valence-corrected chi connectivity index (χ2v) is 2.03. The van der Waals surface area contributed by atoms with Crippen molar-refractivity contribution in [2.45, 2.75) is 13.8 Å². The fourth-order valence-corrected chi connectivity index (χ4v) is 0.463. The number of carbonyl (C=O) groups excluding carboxylic acids is 3. The summed E-state index contributed by atoms with van der Waals surface area (Å²) in [5.41, 5.74) is 0. The van der Waals surface area contributed by atoms with Crippen molar-refractivity contribution in [1.29, 1.82) is 0 Å². The molecule has 0 saturated carbocycles. The van der Waals surface area contributed by atoms with Crippen molar-refractivity contribution < 1.29 is 19.1 Å². The molecule has 4 heteroatoms. The maximum absolute atomic E-state index is 10.7. The summed E-state index contributed by atoms with van der Waals surface area (Å²) in [6.07, 6.45) is 1.93. The molecule has 0 fully saturated rings. The Morgan fingerprint density at radius 1 is 1.25 bits per heavy atom. The molecule has 0 bridgehead atoms. The lowest BCUT2D eigenvalue weighted by atomic mass is 10.3. The van der Waals surface area contributed by atoms with Gasteiger partial charge in [0.2, 0.25) is 0 Å². The summed E-state index contributed by atoms with van der Waals surface area (Å²) in [7, 11) is 0. The number of allylic oxidation sites excluding steroid dienone is 1. The lowest BCUT2D eigenvalue weighted by Gasteiger charge is -1.94. The predicted molar refractivity (Wildman–Crippen MR) is 41.5 cm³/mol. The van der Waals surface area contributed by atoms with Gasteiger partial charge in [0.25, 0.3) is 5.78 Å². The highest BCUT2D eigenvalue weighted by Gasteiger charge is 2.09. The molecule has 0 aromatic rings. The van der Waals surface area contributed by atoms with E-state index in [1.807, 2.05) is 0 Å². The lowest BCUT2D eigenvalue weighted by Crippen LogP contribution is -2.14. The quantitative estimate of drug-likeness (QED) is 0.345. The molecule has 0 unspecified atom stereocenters. The van der Waals surface area contributed by atoms with E-state index in [9.17, 15) is 14.4 Å². The smallest absolute Gasteiger partial charge is 0.379 e. The molecule has 0 aliphatic heterocycles. The second-order valence-electron chi connectivity index (χ2n) is 2.03. The van der Waals surface area contributed by atoms with Crippen LogP contribution in [0, 0.1) is 0 Å². The third-order valence-electron chi connectivity index (χ3n) is 0.946. The molecule has 0 spiro atoms. The van der Waals surface area contributed by atoms with Crippen molar-refractivity contribution in [3.8, 4) is 0 Å². The number of hydrogen-bond acceptors (Lipinski definition) is 4. The molecule has 12 heavy (non-hydrogen) atoms. The molecule has 0 rings (SSSR count). The zero-order valence-electron chi connectivity index (χ0n) is 6.99. The number of ether oxygens (including phenoxy) is 1. The highest BCUT2D eigenvalue weighted by atomic mass is 16.5. The van der Waals surface area contributed by atoms with Gasteiger partial charge in [0.15, 0.2) is 5.78 Å². The molecule has 0 saturated heterocycles. The van der Waals surface area contributed by atoms with Gasteiger partial charge < -0.3 is 4.74 Å². The first kappa shape index (κ1) is 10.6. The van der Waals surface area contributed by atoms with Gasteiger partial charge in [-0.15, -0.1) is 0 Å². The van der Waals surface area contributed by atoms with E-state index < -0.39 is 11.8 Å². The Morgan fingerprint density at radius 3 is 2.25 bits per heavy atom. The fourth-order valence-electron chi connectivity index (χ4n) is 0.463. The average Bonchev–Trinajstić information content (AvgIpc) is 2.00. The van der Waals surface area contributed by atoms with Crippen LogP contribution in [0.15, 0.2) is 12.2 Å². The van der Waals surface area contributed by atoms with Crippen molar-refractivity contribution in [2.24, 2.45) is 0 Å². The predicted octanol–water partition coefficient (Wildman–Crippen LogP) is 0.264. The SMILES string of the molecule is CCOC(=O)C(=O)/C=C/C(C)=O. The van der Waals surface area contributed by atoms with Crippen LogP contribution in [0.2, 0.25) is 0 Å². The Bertz CT molecular complexity index is 227. The van der Waals surface area contributed by atoms with Crippen LogP contribution in [0.5, 0.6) is 0 Å². The number of ketones is 2. The van der Waals surface area contributed by atoms with Crippen molar-refractivity contribution >= 4 is 17.5 Å². The van der Waals surface area contributed by atoms with Crippen LogP contribution in [0.25, 0.3) is 0 Å².